The van der Waals surface area contributed by atoms with E-state index in [1.807, 2.05) is 0 Å². The first kappa shape index (κ1) is 18.9. The van der Waals surface area contributed by atoms with Gasteiger partial charge in [0.15, 0.2) is 17.4 Å². The van der Waals surface area contributed by atoms with Crippen LogP contribution in [0.5, 0.6) is 5.75 Å². The number of hydrogen-bond donors (Lipinski definition) is 2. The molecule has 2 atom stereocenters. The summed E-state index contributed by atoms with van der Waals surface area (Å²) in [5.41, 5.74) is 6.34. The fourth-order valence-corrected chi connectivity index (χ4v) is 4.07. The van der Waals surface area contributed by atoms with Gasteiger partial charge in [0.25, 0.3) is 0 Å². The van der Waals surface area contributed by atoms with Crippen molar-refractivity contribution in [3.63, 3.8) is 0 Å². The third-order valence-corrected chi connectivity index (χ3v) is 5.25. The van der Waals surface area contributed by atoms with Crippen LogP contribution in [0.25, 0.3) is 0 Å². The normalized spacial score (nSPS) is 28.7. The van der Waals surface area contributed by atoms with Gasteiger partial charge < -0.3 is 15.8 Å². The monoisotopic (exact) mass is 360 g/mol. The zero-order chi connectivity index (χ0) is 16.6. The molecule has 2 saturated carbocycles. The van der Waals surface area contributed by atoms with E-state index in [1.54, 1.807) is 0 Å². The largest absolute Gasteiger partial charge is 0.491 e. The average molecular weight is 361 g/mol. The molecular weight excluding hydrogens is 338 g/mol. The maximum absolute atomic E-state index is 13.7. The van der Waals surface area contributed by atoms with Crippen LogP contribution < -0.4 is 15.8 Å². The average Bonchev–Trinajstić information content (AvgIpc) is 2.46. The van der Waals surface area contributed by atoms with Crippen LogP contribution in [0, 0.1) is 29.4 Å². The van der Waals surface area contributed by atoms with E-state index in [-0.39, 0.29) is 36.0 Å². The molecule has 0 aromatic heterocycles. The highest BCUT2D eigenvalue weighted by Gasteiger charge is 2.40. The molecule has 4 nitrogen and oxygen atoms in total. The van der Waals surface area contributed by atoms with Crippen LogP contribution in [0.2, 0.25) is 0 Å². The van der Waals surface area contributed by atoms with E-state index in [2.05, 4.69) is 10.1 Å². The van der Waals surface area contributed by atoms with Gasteiger partial charge in [0.2, 0.25) is 5.91 Å². The molecule has 0 aliphatic heterocycles. The highest BCUT2D eigenvalue weighted by molar-refractivity contribution is 5.92. The van der Waals surface area contributed by atoms with Crippen molar-refractivity contribution >= 4 is 24.0 Å². The number of nitrogens with two attached hydrogens (primary N) is 1. The third kappa shape index (κ3) is 3.64. The summed E-state index contributed by atoms with van der Waals surface area (Å²) in [5, 5.41) is 2.63. The molecule has 3 rings (SSSR count). The number of nitrogens with one attached hydrogen (secondary N) is 1. The van der Waals surface area contributed by atoms with Crippen molar-refractivity contribution in [1.29, 1.82) is 0 Å². The van der Waals surface area contributed by atoms with Gasteiger partial charge in [-0.15, -0.1) is 12.4 Å². The zero-order valence-electron chi connectivity index (χ0n) is 13.6. The molecule has 1 aromatic carbocycles. The second-order valence-electron chi connectivity index (χ2n) is 6.66. The van der Waals surface area contributed by atoms with E-state index in [1.165, 1.54) is 13.5 Å². The number of benzene rings is 1. The van der Waals surface area contributed by atoms with Crippen LogP contribution in [0.3, 0.4) is 0 Å². The lowest BCUT2D eigenvalue weighted by Gasteiger charge is -2.43. The van der Waals surface area contributed by atoms with Gasteiger partial charge in [0, 0.05) is 29.8 Å². The summed E-state index contributed by atoms with van der Waals surface area (Å²) in [6.45, 7) is 0. The van der Waals surface area contributed by atoms with Crippen LogP contribution in [-0.2, 0) is 4.79 Å². The van der Waals surface area contributed by atoms with Crippen LogP contribution in [-0.4, -0.2) is 19.1 Å². The minimum atomic E-state index is -0.828. The molecule has 7 heteroatoms. The summed E-state index contributed by atoms with van der Waals surface area (Å²) in [4.78, 5) is 12.5. The zero-order valence-corrected chi connectivity index (χ0v) is 14.4. The van der Waals surface area contributed by atoms with Crippen molar-refractivity contribution in [1.82, 2.24) is 0 Å². The molecule has 24 heavy (non-hydrogen) atoms. The molecule has 2 unspecified atom stereocenters. The maximum Gasteiger partial charge on any atom is 0.227 e. The molecule has 0 heterocycles. The molecular formula is C17H23ClF2N2O2. The second kappa shape index (κ2) is 7.66. The first-order valence-electron chi connectivity index (χ1n) is 8.09. The predicted molar refractivity (Wildman–Crippen MR) is 90.3 cm³/mol. The summed E-state index contributed by atoms with van der Waals surface area (Å²) in [6.07, 6.45) is 4.81. The van der Waals surface area contributed by atoms with Crippen LogP contribution >= 0.6 is 12.4 Å². The lowest BCUT2D eigenvalue weighted by atomic mass is 9.65. The first-order chi connectivity index (χ1) is 11.0. The summed E-state index contributed by atoms with van der Waals surface area (Å²) in [6, 6.07) is 2.34. The number of halogens is 3. The number of rotatable bonds is 3. The smallest absolute Gasteiger partial charge is 0.227 e. The summed E-state index contributed by atoms with van der Waals surface area (Å²) >= 11 is 0. The van der Waals surface area contributed by atoms with E-state index in [9.17, 15) is 13.6 Å². The fraction of sp³-hybridized carbons (Fsp3) is 0.588. The first-order valence-corrected chi connectivity index (χ1v) is 8.09. The molecule has 1 amide bonds. The Kier molecular flexibility index (Phi) is 6.04. The van der Waals surface area contributed by atoms with Gasteiger partial charge in [0.05, 0.1) is 7.11 Å². The Morgan fingerprint density at radius 1 is 1.21 bits per heavy atom. The number of anilines is 1. The summed E-state index contributed by atoms with van der Waals surface area (Å²) in [5.74, 6) is -1.67. The Hall–Kier alpha value is -1.40. The lowest BCUT2D eigenvalue weighted by molar-refractivity contribution is -0.122. The van der Waals surface area contributed by atoms with Crippen molar-refractivity contribution in [3.8, 4) is 5.75 Å². The van der Waals surface area contributed by atoms with E-state index in [0.29, 0.717) is 11.8 Å². The fourth-order valence-electron chi connectivity index (χ4n) is 4.07. The predicted octanol–water partition coefficient (Wildman–Crippen LogP) is 3.49. The van der Waals surface area contributed by atoms with Crippen LogP contribution in [0.4, 0.5) is 14.5 Å². The highest BCUT2D eigenvalue weighted by Crippen LogP contribution is 2.42. The number of ether oxygens (including phenoxy) is 1. The van der Waals surface area contributed by atoms with Crippen molar-refractivity contribution in [2.24, 2.45) is 23.5 Å². The molecule has 2 aliphatic carbocycles. The molecule has 3 N–H and O–H groups in total. The molecule has 0 spiro atoms. The number of carbonyl (C=O) groups is 1. The quantitative estimate of drug-likeness (QED) is 0.867. The van der Waals surface area contributed by atoms with Gasteiger partial charge in [-0.2, -0.15) is 0 Å². The van der Waals surface area contributed by atoms with Crippen LogP contribution in [0.15, 0.2) is 12.1 Å². The molecule has 134 valence electrons. The third-order valence-electron chi connectivity index (χ3n) is 5.25. The Bertz CT molecular complexity index is 577. The van der Waals surface area contributed by atoms with Gasteiger partial charge in [-0.3, -0.25) is 4.79 Å². The molecule has 0 radical (unpaired) electrons. The van der Waals surface area contributed by atoms with Crippen LogP contribution in [0.1, 0.15) is 32.1 Å². The molecule has 2 bridgehead atoms. The maximum atomic E-state index is 13.7. The van der Waals surface area contributed by atoms with E-state index in [4.69, 9.17) is 5.73 Å². The summed E-state index contributed by atoms with van der Waals surface area (Å²) < 4.78 is 32.1. The lowest BCUT2D eigenvalue weighted by Crippen LogP contribution is -2.48. The van der Waals surface area contributed by atoms with Gasteiger partial charge in [0.1, 0.15) is 0 Å². The standard InChI is InChI=1S/C17H22F2N2O2.ClH/c1-23-16-13(18)7-12(8-14(16)19)21-17(22)11-5-9-3-2-4-10(6-11)15(9)20;/h7-11,15H,2-6,20H2,1H3,(H,21,22);1H. The van der Waals surface area contributed by atoms with Gasteiger partial charge in [-0.05, 0) is 37.5 Å². The number of carbonyl (C=O) groups excluding carboxylic acids is 1. The number of methoxy groups -OCH3 is 1. The van der Waals surface area contributed by atoms with E-state index < -0.39 is 17.4 Å². The Labute approximate surface area is 146 Å². The van der Waals surface area contributed by atoms with Gasteiger partial charge >= 0.3 is 0 Å². The molecule has 2 fully saturated rings. The van der Waals surface area contributed by atoms with E-state index in [0.717, 1.165) is 37.8 Å². The minimum Gasteiger partial charge on any atom is -0.491 e. The van der Waals surface area contributed by atoms with Gasteiger partial charge in [-0.1, -0.05) is 6.42 Å². The second-order valence-corrected chi connectivity index (χ2v) is 6.66. The summed E-state index contributed by atoms with van der Waals surface area (Å²) in [7, 11) is 1.20. The van der Waals surface area contributed by atoms with Crippen molar-refractivity contribution in [2.45, 2.75) is 38.1 Å². The highest BCUT2D eigenvalue weighted by atomic mass is 35.5. The molecule has 1 aromatic rings. The Morgan fingerprint density at radius 2 is 1.75 bits per heavy atom. The van der Waals surface area contributed by atoms with Crippen molar-refractivity contribution in [2.75, 3.05) is 12.4 Å². The number of fused-ring (bicyclic) bond motifs is 2. The SMILES string of the molecule is COc1c(F)cc(NC(=O)C2CC3CCCC(C2)C3N)cc1F.Cl. The number of amides is 1. The Balaban J connectivity index is 0.00000208. The number of hydrogen-bond acceptors (Lipinski definition) is 3. The minimum absolute atomic E-state index is 0. The Morgan fingerprint density at radius 3 is 2.25 bits per heavy atom. The van der Waals surface area contributed by atoms with Gasteiger partial charge in [-0.25, -0.2) is 8.78 Å². The van der Waals surface area contributed by atoms with Crippen molar-refractivity contribution in [3.05, 3.63) is 23.8 Å². The van der Waals surface area contributed by atoms with Crippen molar-refractivity contribution < 1.29 is 18.3 Å². The van der Waals surface area contributed by atoms with E-state index >= 15 is 0 Å². The topological polar surface area (TPSA) is 64.3 Å². The molecule has 2 aliphatic rings. The molecule has 0 saturated heterocycles.